The van der Waals surface area contributed by atoms with Gasteiger partial charge in [0.2, 0.25) is 0 Å². The van der Waals surface area contributed by atoms with Gasteiger partial charge in [0, 0.05) is 11.6 Å². The van der Waals surface area contributed by atoms with E-state index in [0.717, 1.165) is 33.5 Å². The van der Waals surface area contributed by atoms with Crippen LogP contribution in [0.25, 0.3) is 10.9 Å². The average molecular weight is 295 g/mol. The van der Waals surface area contributed by atoms with Crippen LogP contribution in [0.15, 0.2) is 30.5 Å². The molecular formula is C16H17N5O. The minimum Gasteiger partial charge on any atom is -0.307 e. The zero-order valence-electron chi connectivity index (χ0n) is 12.7. The molecule has 0 unspecified atom stereocenters. The number of pyridine rings is 1. The number of nitrogens with zero attached hydrogens (tertiary/aromatic N) is 2. The first-order valence-corrected chi connectivity index (χ1v) is 7.00. The highest BCUT2D eigenvalue weighted by Crippen LogP contribution is 2.25. The largest absolute Gasteiger partial charge is 0.323 e. The summed E-state index contributed by atoms with van der Waals surface area (Å²) in [4.78, 5) is 16.7. The lowest BCUT2D eigenvalue weighted by molar-refractivity contribution is 0.262. The number of carbonyl (C=O) groups is 1. The Bertz CT molecular complexity index is 833. The van der Waals surface area contributed by atoms with Crippen LogP contribution in [0.2, 0.25) is 0 Å². The van der Waals surface area contributed by atoms with E-state index in [-0.39, 0.29) is 6.03 Å². The molecule has 6 heteroatoms. The van der Waals surface area contributed by atoms with Gasteiger partial charge in [-0.2, -0.15) is 5.10 Å². The molecular weight excluding hydrogens is 278 g/mol. The number of H-pyrrole nitrogens is 1. The molecule has 22 heavy (non-hydrogen) atoms. The minimum absolute atomic E-state index is 0.299. The van der Waals surface area contributed by atoms with Crippen molar-refractivity contribution in [3.05, 3.63) is 47.4 Å². The molecule has 0 spiro atoms. The standard InChI is InChI=1S/C16H17N5O/c1-9-8-17-13-7-5-4-6-12(13)14(9)18-16(22)19-15-10(2)20-21-11(15)3/h4-8H,1-3H3,(H,20,21)(H2,17,18,19,22). The first-order valence-electron chi connectivity index (χ1n) is 7.00. The van der Waals surface area contributed by atoms with Crippen LogP contribution >= 0.6 is 0 Å². The molecule has 0 saturated heterocycles. The minimum atomic E-state index is -0.299. The summed E-state index contributed by atoms with van der Waals surface area (Å²) in [5.74, 6) is 0. The van der Waals surface area contributed by atoms with Gasteiger partial charge in [0.25, 0.3) is 0 Å². The lowest BCUT2D eigenvalue weighted by Gasteiger charge is -2.12. The predicted molar refractivity (Wildman–Crippen MR) is 87.2 cm³/mol. The first-order chi connectivity index (χ1) is 10.6. The molecule has 2 heterocycles. The molecule has 3 aromatic rings. The topological polar surface area (TPSA) is 82.7 Å². The number of carbonyl (C=O) groups excluding carboxylic acids is 1. The maximum atomic E-state index is 12.3. The summed E-state index contributed by atoms with van der Waals surface area (Å²) in [5.41, 5.74) is 4.80. The fraction of sp³-hybridized carbons (Fsp3) is 0.188. The number of benzene rings is 1. The second kappa shape index (κ2) is 5.48. The van der Waals surface area contributed by atoms with Crippen molar-refractivity contribution in [1.82, 2.24) is 15.2 Å². The summed E-state index contributed by atoms with van der Waals surface area (Å²) in [5, 5.41) is 13.6. The third-order valence-electron chi connectivity index (χ3n) is 3.57. The van der Waals surface area contributed by atoms with Crippen molar-refractivity contribution >= 4 is 28.3 Å². The predicted octanol–water partition coefficient (Wildman–Crippen LogP) is 3.53. The Labute approximate surface area is 128 Å². The Hall–Kier alpha value is -2.89. The number of hydrogen-bond acceptors (Lipinski definition) is 3. The molecule has 0 fully saturated rings. The second-order valence-electron chi connectivity index (χ2n) is 5.22. The number of urea groups is 1. The summed E-state index contributed by atoms with van der Waals surface area (Å²) < 4.78 is 0. The van der Waals surface area contributed by atoms with Crippen molar-refractivity contribution in [2.45, 2.75) is 20.8 Å². The number of amides is 2. The van der Waals surface area contributed by atoms with Crippen molar-refractivity contribution in [2.24, 2.45) is 0 Å². The number of anilines is 2. The van der Waals surface area contributed by atoms with Gasteiger partial charge >= 0.3 is 6.03 Å². The van der Waals surface area contributed by atoms with Crippen molar-refractivity contribution in [3.8, 4) is 0 Å². The summed E-state index contributed by atoms with van der Waals surface area (Å²) >= 11 is 0. The van der Waals surface area contributed by atoms with Crippen LogP contribution in [-0.2, 0) is 0 Å². The van der Waals surface area contributed by atoms with E-state index < -0.39 is 0 Å². The van der Waals surface area contributed by atoms with Crippen LogP contribution in [-0.4, -0.2) is 21.2 Å². The highest BCUT2D eigenvalue weighted by atomic mass is 16.2. The molecule has 0 saturated carbocycles. The van der Waals surface area contributed by atoms with Crippen LogP contribution in [0.3, 0.4) is 0 Å². The number of hydrogen-bond donors (Lipinski definition) is 3. The number of aromatic nitrogens is 3. The SMILES string of the molecule is Cc1cnc2ccccc2c1NC(=O)Nc1c(C)n[nH]c1C. The number of rotatable bonds is 2. The highest BCUT2D eigenvalue weighted by molar-refractivity contribution is 6.06. The Morgan fingerprint density at radius 2 is 1.82 bits per heavy atom. The number of para-hydroxylation sites is 1. The van der Waals surface area contributed by atoms with Crippen LogP contribution in [0.5, 0.6) is 0 Å². The third-order valence-corrected chi connectivity index (χ3v) is 3.57. The Balaban J connectivity index is 1.90. The van der Waals surface area contributed by atoms with E-state index in [1.54, 1.807) is 6.20 Å². The van der Waals surface area contributed by atoms with Crippen molar-refractivity contribution in [3.63, 3.8) is 0 Å². The van der Waals surface area contributed by atoms with Crippen molar-refractivity contribution in [1.29, 1.82) is 0 Å². The molecule has 1 aromatic carbocycles. The van der Waals surface area contributed by atoms with Crippen LogP contribution < -0.4 is 10.6 Å². The molecule has 6 nitrogen and oxygen atoms in total. The lowest BCUT2D eigenvalue weighted by atomic mass is 10.1. The van der Waals surface area contributed by atoms with Crippen LogP contribution in [0.1, 0.15) is 17.0 Å². The number of aryl methyl sites for hydroxylation is 3. The second-order valence-corrected chi connectivity index (χ2v) is 5.22. The van der Waals surface area contributed by atoms with E-state index in [1.807, 2.05) is 45.0 Å². The molecule has 2 aromatic heterocycles. The molecule has 3 rings (SSSR count). The van der Waals surface area contributed by atoms with Crippen molar-refractivity contribution in [2.75, 3.05) is 10.6 Å². The quantitative estimate of drug-likeness (QED) is 0.676. The summed E-state index contributed by atoms with van der Waals surface area (Å²) in [7, 11) is 0. The Morgan fingerprint density at radius 1 is 1.09 bits per heavy atom. The Kier molecular flexibility index (Phi) is 3.50. The fourth-order valence-corrected chi connectivity index (χ4v) is 2.40. The van der Waals surface area contributed by atoms with E-state index >= 15 is 0 Å². The highest BCUT2D eigenvalue weighted by Gasteiger charge is 2.13. The van der Waals surface area contributed by atoms with Gasteiger partial charge in [-0.25, -0.2) is 4.79 Å². The van der Waals surface area contributed by atoms with Crippen LogP contribution in [0.4, 0.5) is 16.2 Å². The average Bonchev–Trinajstić information content (AvgIpc) is 2.82. The van der Waals surface area contributed by atoms with Gasteiger partial charge in [-0.05, 0) is 32.4 Å². The number of aromatic amines is 1. The number of nitrogens with one attached hydrogen (secondary N) is 3. The molecule has 0 aliphatic carbocycles. The van der Waals surface area contributed by atoms with Crippen LogP contribution in [0, 0.1) is 20.8 Å². The monoisotopic (exact) mass is 295 g/mol. The van der Waals surface area contributed by atoms with Gasteiger partial charge in [-0.1, -0.05) is 18.2 Å². The summed E-state index contributed by atoms with van der Waals surface area (Å²) in [6.07, 6.45) is 1.76. The zero-order valence-corrected chi connectivity index (χ0v) is 12.7. The maximum Gasteiger partial charge on any atom is 0.323 e. The third kappa shape index (κ3) is 2.50. The molecule has 3 N–H and O–H groups in total. The Morgan fingerprint density at radius 3 is 2.55 bits per heavy atom. The van der Waals surface area contributed by atoms with Gasteiger partial charge < -0.3 is 10.6 Å². The normalized spacial score (nSPS) is 10.7. The summed E-state index contributed by atoms with van der Waals surface area (Å²) in [6.45, 7) is 5.62. The lowest BCUT2D eigenvalue weighted by Crippen LogP contribution is -2.21. The van der Waals surface area contributed by atoms with Gasteiger partial charge in [0.15, 0.2) is 0 Å². The first kappa shape index (κ1) is 14.1. The van der Waals surface area contributed by atoms with Gasteiger partial charge in [0.05, 0.1) is 28.3 Å². The van der Waals surface area contributed by atoms with E-state index in [2.05, 4.69) is 25.8 Å². The molecule has 2 amide bonds. The van der Waals surface area contributed by atoms with Gasteiger partial charge in [0.1, 0.15) is 0 Å². The van der Waals surface area contributed by atoms with E-state index in [9.17, 15) is 4.79 Å². The van der Waals surface area contributed by atoms with E-state index in [0.29, 0.717) is 5.69 Å². The number of fused-ring (bicyclic) bond motifs is 1. The van der Waals surface area contributed by atoms with E-state index in [4.69, 9.17) is 0 Å². The smallest absolute Gasteiger partial charge is 0.307 e. The summed E-state index contributed by atoms with van der Waals surface area (Å²) in [6, 6.07) is 7.41. The van der Waals surface area contributed by atoms with Crippen molar-refractivity contribution < 1.29 is 4.79 Å². The molecule has 0 aliphatic heterocycles. The fourth-order valence-electron chi connectivity index (χ4n) is 2.40. The molecule has 0 aliphatic rings. The molecule has 112 valence electrons. The molecule has 0 bridgehead atoms. The van der Waals surface area contributed by atoms with Gasteiger partial charge in [-0.3, -0.25) is 10.1 Å². The maximum absolute atomic E-state index is 12.3. The molecule has 0 atom stereocenters. The van der Waals surface area contributed by atoms with E-state index in [1.165, 1.54) is 0 Å². The van der Waals surface area contributed by atoms with Gasteiger partial charge in [-0.15, -0.1) is 0 Å². The zero-order chi connectivity index (χ0) is 15.7. The molecule has 0 radical (unpaired) electrons.